The summed E-state index contributed by atoms with van der Waals surface area (Å²) in [6.45, 7) is -0.0421. The van der Waals surface area contributed by atoms with Gasteiger partial charge < -0.3 is 10.2 Å². The molecule has 0 aliphatic carbocycles. The molecule has 4 amide bonds. The predicted molar refractivity (Wildman–Crippen MR) is 125 cm³/mol. The Morgan fingerprint density at radius 2 is 1.83 bits per heavy atom. The Labute approximate surface area is 208 Å². The summed E-state index contributed by atoms with van der Waals surface area (Å²) in [6, 6.07) is 4.98. The first-order valence-electron chi connectivity index (χ1n) is 10.5. The molecule has 2 aliphatic heterocycles. The second kappa shape index (κ2) is 9.15. The largest absolute Gasteiger partial charge is 0.352 e. The highest BCUT2D eigenvalue weighted by Crippen LogP contribution is 2.31. The van der Waals surface area contributed by atoms with Crippen molar-refractivity contribution >= 4 is 69.7 Å². The van der Waals surface area contributed by atoms with Gasteiger partial charge in [0.05, 0.1) is 0 Å². The average Bonchev–Trinajstić information content (AvgIpc) is 3.12. The van der Waals surface area contributed by atoms with Gasteiger partial charge in [0.2, 0.25) is 11.8 Å². The third kappa shape index (κ3) is 4.47. The van der Waals surface area contributed by atoms with Crippen LogP contribution in [0.5, 0.6) is 0 Å². The van der Waals surface area contributed by atoms with E-state index in [0.29, 0.717) is 5.56 Å². The van der Waals surface area contributed by atoms with Crippen molar-refractivity contribution in [1.29, 1.82) is 0 Å². The van der Waals surface area contributed by atoms with E-state index < -0.39 is 47.1 Å². The van der Waals surface area contributed by atoms with Crippen molar-refractivity contribution in [3.8, 4) is 0 Å². The zero-order valence-corrected chi connectivity index (χ0v) is 18.9. The van der Waals surface area contributed by atoms with Gasteiger partial charge in [-0.05, 0) is 29.7 Å². The fraction of sp³-hybridized carbons (Fsp3) is 0.273. The number of nitrogens with zero attached hydrogens (tertiary/aromatic N) is 1. The minimum atomic E-state index is -3.92. The molecule has 172 valence electrons. The Balaban J connectivity index is 1.58. The molecule has 2 heterocycles. The van der Waals surface area contributed by atoms with E-state index in [0.717, 1.165) is 12.1 Å². The summed E-state index contributed by atoms with van der Waals surface area (Å²) in [7, 11) is 18.1. The first kappa shape index (κ1) is 25.0. The number of benzene rings is 2. The number of nitrogens with one attached hydrogen (secondary N) is 2. The van der Waals surface area contributed by atoms with Crippen LogP contribution < -0.4 is 21.6 Å². The van der Waals surface area contributed by atoms with E-state index in [1.165, 1.54) is 23.1 Å². The van der Waals surface area contributed by atoms with Gasteiger partial charge in [0.1, 0.15) is 29.6 Å². The van der Waals surface area contributed by atoms with Crippen LogP contribution in [0.15, 0.2) is 30.3 Å². The second-order valence-corrected chi connectivity index (χ2v) is 8.70. The first-order valence-corrected chi connectivity index (χ1v) is 10.9. The summed E-state index contributed by atoms with van der Waals surface area (Å²) in [5.74, 6) is -8.67. The van der Waals surface area contributed by atoms with Crippen LogP contribution in [0.25, 0.3) is 0 Å². The third-order valence-electron chi connectivity index (χ3n) is 6.04. The van der Waals surface area contributed by atoms with Crippen LogP contribution in [0, 0.1) is 0 Å². The fourth-order valence-electron chi connectivity index (χ4n) is 4.17. The molecular formula is C22H15B3ClF2N3O4. The minimum Gasteiger partial charge on any atom is -0.352 e. The number of fused-ring (bicyclic) bond motifs is 1. The number of amides is 4. The Hall–Kier alpha value is -3.14. The topological polar surface area (TPSA) is 95.6 Å². The SMILES string of the molecule is [B]c1c(C([B])NC(=O)C(F)(F)c2ccc(Cl)cc2)cc2c(c1[B])C(=O)N(C1CCC(=O)NC1=O)C2. The van der Waals surface area contributed by atoms with Crippen molar-refractivity contribution in [3.05, 3.63) is 57.6 Å². The molecule has 1 fully saturated rings. The third-order valence-corrected chi connectivity index (χ3v) is 6.29. The standard InChI is InChI=1S/C22H15B3ClF2N3O4/c23-16-12(18(25)30-21(35)22(27,28)10-1-3-11(26)4-2-10)7-9-8-31(20(34)15(9)17(16)24)13-5-6-14(32)29-19(13)33/h1-4,7,13,18H,5-6,8H2,(H,30,35)(H,29,32,33). The summed E-state index contributed by atoms with van der Waals surface area (Å²) in [5.41, 5.74) is -0.453. The molecular weight excluding hydrogens is 476 g/mol. The summed E-state index contributed by atoms with van der Waals surface area (Å²) in [6.07, 6.45) is 0.208. The van der Waals surface area contributed by atoms with Crippen molar-refractivity contribution < 1.29 is 28.0 Å². The van der Waals surface area contributed by atoms with Crippen molar-refractivity contribution in [2.75, 3.05) is 0 Å². The Morgan fingerprint density at radius 1 is 1.17 bits per heavy atom. The molecule has 2 aromatic rings. The number of hydrogen-bond donors (Lipinski definition) is 2. The maximum absolute atomic E-state index is 14.6. The van der Waals surface area contributed by atoms with E-state index in [2.05, 4.69) is 5.32 Å². The molecule has 35 heavy (non-hydrogen) atoms. The maximum atomic E-state index is 14.6. The summed E-state index contributed by atoms with van der Waals surface area (Å²) < 4.78 is 29.3. The van der Waals surface area contributed by atoms with Gasteiger partial charge in [-0.3, -0.25) is 24.5 Å². The molecule has 0 saturated carbocycles. The molecule has 1 saturated heterocycles. The van der Waals surface area contributed by atoms with Crippen LogP contribution in [-0.2, 0) is 26.9 Å². The van der Waals surface area contributed by atoms with E-state index >= 15 is 0 Å². The lowest BCUT2D eigenvalue weighted by Crippen LogP contribution is -2.52. The Morgan fingerprint density at radius 3 is 2.46 bits per heavy atom. The fourth-order valence-corrected chi connectivity index (χ4v) is 4.29. The molecule has 4 rings (SSSR count). The summed E-state index contributed by atoms with van der Waals surface area (Å²) in [4.78, 5) is 50.3. The first-order chi connectivity index (χ1) is 16.4. The zero-order valence-electron chi connectivity index (χ0n) is 18.1. The number of hydrogen-bond acceptors (Lipinski definition) is 4. The van der Waals surface area contributed by atoms with Gasteiger partial charge >= 0.3 is 5.92 Å². The smallest absolute Gasteiger partial charge is 0.349 e. The lowest BCUT2D eigenvalue weighted by atomic mass is 9.70. The van der Waals surface area contributed by atoms with Crippen molar-refractivity contribution in [2.24, 2.45) is 0 Å². The van der Waals surface area contributed by atoms with E-state index in [1.807, 2.05) is 5.32 Å². The number of alkyl halides is 2. The van der Waals surface area contributed by atoms with Crippen LogP contribution >= 0.6 is 11.6 Å². The minimum absolute atomic E-state index is 0.0272. The number of rotatable bonds is 5. The van der Waals surface area contributed by atoms with Gasteiger partial charge in [0.15, 0.2) is 0 Å². The van der Waals surface area contributed by atoms with Crippen molar-refractivity contribution in [2.45, 2.75) is 37.3 Å². The Bertz CT molecular complexity index is 1260. The molecule has 0 bridgehead atoms. The molecule has 2 N–H and O–H groups in total. The molecule has 0 spiro atoms. The molecule has 2 unspecified atom stereocenters. The lowest BCUT2D eigenvalue weighted by Gasteiger charge is -2.29. The number of carbonyl (C=O) groups is 4. The number of piperidine rings is 1. The van der Waals surface area contributed by atoms with Gasteiger partial charge in [-0.2, -0.15) is 8.78 Å². The molecule has 2 atom stereocenters. The van der Waals surface area contributed by atoms with Gasteiger partial charge in [0.25, 0.3) is 11.8 Å². The van der Waals surface area contributed by atoms with Gasteiger partial charge in [0, 0.05) is 35.1 Å². The molecule has 2 aliphatic rings. The molecule has 13 heteroatoms. The quantitative estimate of drug-likeness (QED) is 0.446. The molecule has 7 nitrogen and oxygen atoms in total. The van der Waals surface area contributed by atoms with Gasteiger partial charge in [-0.25, -0.2) is 0 Å². The molecule has 6 radical (unpaired) electrons. The zero-order chi connectivity index (χ0) is 25.7. The average molecular weight is 491 g/mol. The lowest BCUT2D eigenvalue weighted by molar-refractivity contribution is -0.147. The van der Waals surface area contributed by atoms with Crippen LogP contribution in [0.4, 0.5) is 8.78 Å². The normalized spacial score (nSPS) is 18.8. The van der Waals surface area contributed by atoms with E-state index in [9.17, 15) is 28.0 Å². The highest BCUT2D eigenvalue weighted by molar-refractivity contribution is 6.52. The Kier molecular flexibility index (Phi) is 6.53. The second-order valence-electron chi connectivity index (χ2n) is 8.26. The van der Waals surface area contributed by atoms with E-state index in [1.54, 1.807) is 0 Å². The van der Waals surface area contributed by atoms with E-state index in [4.69, 9.17) is 35.1 Å². The van der Waals surface area contributed by atoms with Crippen molar-refractivity contribution in [1.82, 2.24) is 15.5 Å². The number of halogens is 3. The van der Waals surface area contributed by atoms with Crippen LogP contribution in [0.3, 0.4) is 0 Å². The van der Waals surface area contributed by atoms with Crippen LogP contribution in [-0.4, -0.2) is 58.1 Å². The van der Waals surface area contributed by atoms with Crippen LogP contribution in [0.2, 0.25) is 5.02 Å². The highest BCUT2D eigenvalue weighted by Gasteiger charge is 2.42. The van der Waals surface area contributed by atoms with Gasteiger partial charge in [-0.15, -0.1) is 0 Å². The van der Waals surface area contributed by atoms with Crippen molar-refractivity contribution in [3.63, 3.8) is 0 Å². The number of carbonyl (C=O) groups excluding carboxylic acids is 4. The van der Waals surface area contributed by atoms with Crippen LogP contribution in [0.1, 0.15) is 45.8 Å². The van der Waals surface area contributed by atoms with Gasteiger partial charge in [-0.1, -0.05) is 40.7 Å². The molecule has 2 aromatic carbocycles. The monoisotopic (exact) mass is 491 g/mol. The summed E-state index contributed by atoms with van der Waals surface area (Å²) in [5, 5.41) is 4.44. The molecule has 0 aromatic heterocycles. The predicted octanol–water partition coefficient (Wildman–Crippen LogP) is -0.236. The van der Waals surface area contributed by atoms with E-state index in [-0.39, 0.29) is 46.5 Å². The summed E-state index contributed by atoms with van der Waals surface area (Å²) >= 11 is 5.71. The maximum Gasteiger partial charge on any atom is 0.349 e. The number of imide groups is 1. The highest BCUT2D eigenvalue weighted by atomic mass is 35.5.